The van der Waals surface area contributed by atoms with E-state index >= 15 is 0 Å². The molecule has 0 atom stereocenters. The van der Waals surface area contributed by atoms with Gasteiger partial charge in [-0.3, -0.25) is 0 Å². The minimum absolute atomic E-state index is 0.521. The van der Waals surface area contributed by atoms with Crippen LogP contribution in [-0.2, 0) is 6.42 Å². The predicted molar refractivity (Wildman–Crippen MR) is 88.6 cm³/mol. The van der Waals surface area contributed by atoms with Crippen LogP contribution in [0, 0.1) is 11.3 Å². The summed E-state index contributed by atoms with van der Waals surface area (Å²) < 4.78 is 1.69. The lowest BCUT2D eigenvalue weighted by Crippen LogP contribution is -2.09. The Morgan fingerprint density at radius 3 is 2.64 bits per heavy atom. The molecule has 0 aliphatic heterocycles. The van der Waals surface area contributed by atoms with Gasteiger partial charge in [0.1, 0.15) is 13.9 Å². The molecule has 2 radical (unpaired) electrons. The maximum absolute atomic E-state index is 9.25. The standard InChI is InChI=1S/C18H16BN3/c1-12(2)14-5-3-13(4-6-14)7-15-8-17(19)11-22-18(15)16(9-20)10-21-22/h3-6,8,10-12H,7H2,1-2H3. The SMILES string of the molecule is [B]c1cc(Cc2ccc(C(C)C)cc2)c2c(C#N)cnn2c1. The van der Waals surface area contributed by atoms with Crippen molar-refractivity contribution >= 4 is 18.8 Å². The normalized spacial score (nSPS) is 11.0. The molecule has 3 rings (SSSR count). The van der Waals surface area contributed by atoms with Crippen molar-refractivity contribution in [3.8, 4) is 6.07 Å². The Morgan fingerprint density at radius 1 is 1.27 bits per heavy atom. The average Bonchev–Trinajstić information content (AvgIpc) is 2.90. The summed E-state index contributed by atoms with van der Waals surface area (Å²) in [7, 11) is 5.95. The zero-order valence-corrected chi connectivity index (χ0v) is 12.7. The van der Waals surface area contributed by atoms with Crippen LogP contribution in [0.25, 0.3) is 5.52 Å². The Balaban J connectivity index is 2.03. The molecule has 0 aliphatic rings. The van der Waals surface area contributed by atoms with Crippen LogP contribution in [0.3, 0.4) is 0 Å². The molecule has 4 heteroatoms. The number of nitriles is 1. The van der Waals surface area contributed by atoms with Crippen LogP contribution in [0.1, 0.15) is 42.0 Å². The fourth-order valence-electron chi connectivity index (χ4n) is 2.69. The Hall–Kier alpha value is -2.54. The van der Waals surface area contributed by atoms with Gasteiger partial charge in [-0.25, -0.2) is 4.52 Å². The molecule has 106 valence electrons. The molecule has 0 spiro atoms. The summed E-state index contributed by atoms with van der Waals surface area (Å²) in [4.78, 5) is 0. The van der Waals surface area contributed by atoms with Gasteiger partial charge in [0.05, 0.1) is 17.3 Å². The average molecular weight is 285 g/mol. The van der Waals surface area contributed by atoms with Crippen LogP contribution in [0.5, 0.6) is 0 Å². The van der Waals surface area contributed by atoms with Gasteiger partial charge in [0.2, 0.25) is 0 Å². The van der Waals surface area contributed by atoms with E-state index in [9.17, 15) is 5.26 Å². The number of benzene rings is 1. The Bertz CT molecular complexity index is 854. The van der Waals surface area contributed by atoms with E-state index in [-0.39, 0.29) is 0 Å². The van der Waals surface area contributed by atoms with Crippen LogP contribution < -0.4 is 5.46 Å². The number of nitrogens with zero attached hydrogens (tertiary/aromatic N) is 3. The van der Waals surface area contributed by atoms with Crippen molar-refractivity contribution in [1.82, 2.24) is 9.61 Å². The summed E-state index contributed by atoms with van der Waals surface area (Å²) in [5.41, 5.74) is 5.60. The number of rotatable bonds is 3. The highest BCUT2D eigenvalue weighted by Crippen LogP contribution is 2.20. The maximum atomic E-state index is 9.25. The molecule has 0 bridgehead atoms. The van der Waals surface area contributed by atoms with Crippen molar-refractivity contribution in [2.45, 2.75) is 26.2 Å². The van der Waals surface area contributed by atoms with Gasteiger partial charge >= 0.3 is 0 Å². The molecule has 0 N–H and O–H groups in total. The molecule has 0 aliphatic carbocycles. The van der Waals surface area contributed by atoms with Crippen LogP contribution in [0.15, 0.2) is 42.7 Å². The van der Waals surface area contributed by atoms with E-state index in [1.165, 1.54) is 11.1 Å². The van der Waals surface area contributed by atoms with E-state index in [4.69, 9.17) is 7.85 Å². The van der Waals surface area contributed by atoms with Crippen LogP contribution >= 0.6 is 0 Å². The highest BCUT2D eigenvalue weighted by atomic mass is 15.2. The first-order chi connectivity index (χ1) is 10.6. The summed E-state index contributed by atoms with van der Waals surface area (Å²) in [5, 5.41) is 13.5. The number of pyridine rings is 1. The van der Waals surface area contributed by atoms with E-state index in [1.54, 1.807) is 16.9 Å². The van der Waals surface area contributed by atoms with E-state index < -0.39 is 0 Å². The third-order valence-electron chi connectivity index (χ3n) is 3.87. The quantitative estimate of drug-likeness (QED) is 0.694. The molecule has 3 nitrogen and oxygen atoms in total. The van der Waals surface area contributed by atoms with E-state index in [0.717, 1.165) is 17.5 Å². The highest BCUT2D eigenvalue weighted by Gasteiger charge is 2.10. The Morgan fingerprint density at radius 2 is 2.00 bits per heavy atom. The van der Waals surface area contributed by atoms with Gasteiger partial charge < -0.3 is 0 Å². The number of aromatic nitrogens is 2. The molecule has 0 amide bonds. The second-order valence-electron chi connectivity index (χ2n) is 5.83. The minimum Gasteiger partial charge on any atom is -0.240 e. The number of hydrogen-bond acceptors (Lipinski definition) is 2. The lowest BCUT2D eigenvalue weighted by Gasteiger charge is -2.09. The smallest absolute Gasteiger partial charge is 0.115 e. The third kappa shape index (κ3) is 2.63. The highest BCUT2D eigenvalue weighted by molar-refractivity contribution is 6.32. The molecular formula is C18H16BN3. The first kappa shape index (κ1) is 14.4. The molecule has 0 unspecified atom stereocenters. The van der Waals surface area contributed by atoms with E-state index in [1.807, 2.05) is 6.07 Å². The van der Waals surface area contributed by atoms with Crippen molar-refractivity contribution in [2.24, 2.45) is 0 Å². The van der Waals surface area contributed by atoms with Gasteiger partial charge in [-0.2, -0.15) is 10.4 Å². The predicted octanol–water partition coefficient (Wildman–Crippen LogP) is 2.71. The lowest BCUT2D eigenvalue weighted by molar-refractivity contribution is 0.865. The largest absolute Gasteiger partial charge is 0.240 e. The fraction of sp³-hybridized carbons (Fsp3) is 0.222. The molecule has 22 heavy (non-hydrogen) atoms. The minimum atomic E-state index is 0.521. The van der Waals surface area contributed by atoms with Crippen molar-refractivity contribution in [3.63, 3.8) is 0 Å². The summed E-state index contributed by atoms with van der Waals surface area (Å²) in [6.07, 6.45) is 4.05. The van der Waals surface area contributed by atoms with E-state index in [0.29, 0.717) is 16.9 Å². The number of hydrogen-bond donors (Lipinski definition) is 0. The Kier molecular flexibility index (Phi) is 3.72. The van der Waals surface area contributed by atoms with Crippen LogP contribution in [-0.4, -0.2) is 17.5 Å². The fourth-order valence-corrected chi connectivity index (χ4v) is 2.69. The second-order valence-corrected chi connectivity index (χ2v) is 5.83. The van der Waals surface area contributed by atoms with Crippen molar-refractivity contribution in [3.05, 3.63) is 65.0 Å². The Labute approximate surface area is 131 Å². The molecule has 1 aromatic carbocycles. The second kappa shape index (κ2) is 5.69. The van der Waals surface area contributed by atoms with Crippen LogP contribution in [0.4, 0.5) is 0 Å². The summed E-state index contributed by atoms with van der Waals surface area (Å²) >= 11 is 0. The van der Waals surface area contributed by atoms with Gasteiger partial charge in [-0.1, -0.05) is 49.6 Å². The summed E-state index contributed by atoms with van der Waals surface area (Å²) in [6, 6.07) is 12.7. The van der Waals surface area contributed by atoms with Gasteiger partial charge in [-0.15, -0.1) is 0 Å². The topological polar surface area (TPSA) is 41.1 Å². The lowest BCUT2D eigenvalue weighted by atomic mass is 9.93. The first-order valence-electron chi connectivity index (χ1n) is 7.33. The molecule has 0 saturated heterocycles. The summed E-state index contributed by atoms with van der Waals surface area (Å²) in [5.74, 6) is 0.521. The molecule has 0 saturated carbocycles. The van der Waals surface area contributed by atoms with Crippen LogP contribution in [0.2, 0.25) is 0 Å². The summed E-state index contributed by atoms with van der Waals surface area (Å²) in [6.45, 7) is 4.36. The molecule has 0 fully saturated rings. The third-order valence-corrected chi connectivity index (χ3v) is 3.87. The maximum Gasteiger partial charge on any atom is 0.115 e. The zero-order chi connectivity index (χ0) is 15.7. The number of fused-ring (bicyclic) bond motifs is 1. The monoisotopic (exact) mass is 285 g/mol. The molecule has 3 aromatic rings. The van der Waals surface area contributed by atoms with Crippen molar-refractivity contribution in [1.29, 1.82) is 5.26 Å². The zero-order valence-electron chi connectivity index (χ0n) is 12.7. The van der Waals surface area contributed by atoms with Crippen molar-refractivity contribution in [2.75, 3.05) is 0 Å². The van der Waals surface area contributed by atoms with Gasteiger partial charge in [0.25, 0.3) is 0 Å². The van der Waals surface area contributed by atoms with Gasteiger partial charge in [-0.05, 0) is 29.0 Å². The van der Waals surface area contributed by atoms with Crippen molar-refractivity contribution < 1.29 is 0 Å². The van der Waals surface area contributed by atoms with E-state index in [2.05, 4.69) is 49.3 Å². The van der Waals surface area contributed by atoms with Gasteiger partial charge in [0, 0.05) is 6.20 Å². The molecule has 2 aromatic heterocycles. The molecule has 2 heterocycles. The first-order valence-corrected chi connectivity index (χ1v) is 7.33. The molecular weight excluding hydrogens is 269 g/mol. The van der Waals surface area contributed by atoms with Gasteiger partial charge in [0.15, 0.2) is 0 Å².